The molecule has 0 aromatic carbocycles. The molecule has 1 aliphatic rings. The van der Waals surface area contributed by atoms with Gasteiger partial charge in [0.1, 0.15) is 0 Å². The molecule has 76 valence electrons. The number of alkyl halides is 1. The van der Waals surface area contributed by atoms with Gasteiger partial charge in [0.2, 0.25) is 5.67 Å². The molecular formula is C9H15FO2S. The van der Waals surface area contributed by atoms with Crippen LogP contribution < -0.4 is 0 Å². The van der Waals surface area contributed by atoms with Gasteiger partial charge in [-0.1, -0.05) is 0 Å². The van der Waals surface area contributed by atoms with Gasteiger partial charge in [-0.2, -0.15) is 11.8 Å². The van der Waals surface area contributed by atoms with Gasteiger partial charge in [-0.3, -0.25) is 0 Å². The summed E-state index contributed by atoms with van der Waals surface area (Å²) in [4.78, 5) is 10.5. The van der Waals surface area contributed by atoms with Crippen LogP contribution in [0.25, 0.3) is 0 Å². The fraction of sp³-hybridized carbons (Fsp3) is 0.889. The van der Waals surface area contributed by atoms with Crippen LogP contribution >= 0.6 is 11.8 Å². The summed E-state index contributed by atoms with van der Waals surface area (Å²) >= 11 is 1.86. The predicted octanol–water partition coefficient (Wildman–Crippen LogP) is 2.33. The third-order valence-electron chi connectivity index (χ3n) is 2.46. The third kappa shape index (κ3) is 3.18. The van der Waals surface area contributed by atoms with Crippen LogP contribution in [0.1, 0.15) is 26.2 Å². The summed E-state index contributed by atoms with van der Waals surface area (Å²) in [6.07, 6.45) is 2.08. The highest BCUT2D eigenvalue weighted by atomic mass is 32.2. The lowest BCUT2D eigenvalue weighted by molar-refractivity contribution is -0.150. The maximum absolute atomic E-state index is 13.4. The first-order valence-corrected chi connectivity index (χ1v) is 5.68. The van der Waals surface area contributed by atoms with Crippen LogP contribution in [-0.2, 0) is 4.79 Å². The molecule has 1 rings (SSSR count). The molecule has 1 N–H and O–H groups in total. The van der Waals surface area contributed by atoms with Crippen LogP contribution in [0.3, 0.4) is 0 Å². The zero-order chi connectivity index (χ0) is 9.90. The van der Waals surface area contributed by atoms with Crippen LogP contribution in [0, 0.1) is 5.92 Å². The number of carboxylic acids is 1. The van der Waals surface area contributed by atoms with E-state index in [1.807, 2.05) is 11.8 Å². The predicted molar refractivity (Wildman–Crippen MR) is 51.8 cm³/mol. The summed E-state index contributed by atoms with van der Waals surface area (Å²) in [5, 5.41) is 8.59. The van der Waals surface area contributed by atoms with Crippen molar-refractivity contribution in [3.05, 3.63) is 0 Å². The number of halogens is 1. The van der Waals surface area contributed by atoms with E-state index in [9.17, 15) is 9.18 Å². The van der Waals surface area contributed by atoms with E-state index in [4.69, 9.17) is 5.11 Å². The molecule has 0 aromatic rings. The molecule has 0 radical (unpaired) electrons. The van der Waals surface area contributed by atoms with Crippen LogP contribution in [0.2, 0.25) is 0 Å². The van der Waals surface area contributed by atoms with Gasteiger partial charge in [-0.05, 0) is 43.6 Å². The normalized spacial score (nSPS) is 23.8. The molecule has 2 nitrogen and oxygen atoms in total. The molecule has 1 aliphatic heterocycles. The molecule has 0 amide bonds. The van der Waals surface area contributed by atoms with Crippen molar-refractivity contribution < 1.29 is 14.3 Å². The Morgan fingerprint density at radius 3 is 2.62 bits per heavy atom. The fourth-order valence-corrected chi connectivity index (χ4v) is 2.78. The molecule has 0 spiro atoms. The zero-order valence-electron chi connectivity index (χ0n) is 7.75. The van der Waals surface area contributed by atoms with Crippen LogP contribution in [0.15, 0.2) is 0 Å². The summed E-state index contributed by atoms with van der Waals surface area (Å²) in [6, 6.07) is 0. The summed E-state index contributed by atoms with van der Waals surface area (Å²) in [7, 11) is 0. The fourth-order valence-electron chi connectivity index (χ4n) is 1.58. The van der Waals surface area contributed by atoms with Crippen LogP contribution in [0.5, 0.6) is 0 Å². The number of carboxylic acid groups (broad SMARTS) is 1. The van der Waals surface area contributed by atoms with Crippen molar-refractivity contribution >= 4 is 17.7 Å². The van der Waals surface area contributed by atoms with Crippen molar-refractivity contribution in [3.8, 4) is 0 Å². The van der Waals surface area contributed by atoms with Gasteiger partial charge in [0.05, 0.1) is 0 Å². The Bertz CT molecular complexity index is 188. The second-order valence-corrected chi connectivity index (χ2v) is 4.99. The molecule has 4 heteroatoms. The Kier molecular flexibility index (Phi) is 3.59. The summed E-state index contributed by atoms with van der Waals surface area (Å²) in [5.74, 6) is 1.01. The molecule has 1 saturated heterocycles. The second kappa shape index (κ2) is 4.31. The Morgan fingerprint density at radius 2 is 2.15 bits per heavy atom. The molecule has 1 heterocycles. The van der Waals surface area contributed by atoms with E-state index in [2.05, 4.69) is 0 Å². The molecule has 1 atom stereocenters. The van der Waals surface area contributed by atoms with Gasteiger partial charge < -0.3 is 5.11 Å². The molecule has 13 heavy (non-hydrogen) atoms. The standard InChI is InChI=1S/C9H15FO2S/c1-9(10,8(11)12)6-7-2-4-13-5-3-7/h7H,2-6H2,1H3,(H,11,12). The van der Waals surface area contributed by atoms with Crippen LogP contribution in [0.4, 0.5) is 4.39 Å². The largest absolute Gasteiger partial charge is 0.479 e. The maximum atomic E-state index is 13.4. The Hall–Kier alpha value is -0.250. The molecule has 0 aliphatic carbocycles. The van der Waals surface area contributed by atoms with E-state index in [0.29, 0.717) is 0 Å². The number of carbonyl (C=O) groups is 1. The Labute approximate surface area is 81.9 Å². The number of rotatable bonds is 3. The molecule has 0 aromatic heterocycles. The van der Waals surface area contributed by atoms with E-state index in [-0.39, 0.29) is 12.3 Å². The van der Waals surface area contributed by atoms with Crippen molar-refractivity contribution in [2.24, 2.45) is 5.92 Å². The van der Waals surface area contributed by atoms with Crippen LogP contribution in [-0.4, -0.2) is 28.3 Å². The minimum Gasteiger partial charge on any atom is -0.479 e. The molecular weight excluding hydrogens is 191 g/mol. The quantitative estimate of drug-likeness (QED) is 0.770. The van der Waals surface area contributed by atoms with Crippen molar-refractivity contribution in [1.82, 2.24) is 0 Å². The third-order valence-corrected chi connectivity index (χ3v) is 3.51. The second-order valence-electron chi connectivity index (χ2n) is 3.76. The number of hydrogen-bond donors (Lipinski definition) is 1. The SMILES string of the molecule is CC(F)(CC1CCSCC1)C(=O)O. The lowest BCUT2D eigenvalue weighted by atomic mass is 9.89. The minimum absolute atomic E-state index is 0.170. The van der Waals surface area contributed by atoms with E-state index < -0.39 is 11.6 Å². The van der Waals surface area contributed by atoms with Gasteiger partial charge in [0, 0.05) is 0 Å². The zero-order valence-corrected chi connectivity index (χ0v) is 8.57. The Morgan fingerprint density at radius 1 is 1.62 bits per heavy atom. The highest BCUT2D eigenvalue weighted by molar-refractivity contribution is 7.99. The van der Waals surface area contributed by atoms with E-state index in [1.165, 1.54) is 0 Å². The smallest absolute Gasteiger partial charge is 0.341 e. The molecule has 1 fully saturated rings. The van der Waals surface area contributed by atoms with Gasteiger partial charge >= 0.3 is 5.97 Å². The summed E-state index contributed by atoms with van der Waals surface area (Å²) in [5.41, 5.74) is -2.04. The highest BCUT2D eigenvalue weighted by Crippen LogP contribution is 2.31. The van der Waals surface area contributed by atoms with Crippen molar-refractivity contribution in [2.75, 3.05) is 11.5 Å². The van der Waals surface area contributed by atoms with E-state index in [0.717, 1.165) is 31.3 Å². The van der Waals surface area contributed by atoms with Gasteiger partial charge in [-0.15, -0.1) is 0 Å². The minimum atomic E-state index is -2.04. The van der Waals surface area contributed by atoms with Crippen molar-refractivity contribution in [2.45, 2.75) is 31.9 Å². The van der Waals surface area contributed by atoms with Crippen molar-refractivity contribution in [3.63, 3.8) is 0 Å². The lowest BCUT2D eigenvalue weighted by Crippen LogP contribution is -2.33. The first kappa shape index (κ1) is 10.8. The maximum Gasteiger partial charge on any atom is 0.341 e. The monoisotopic (exact) mass is 206 g/mol. The van der Waals surface area contributed by atoms with E-state index in [1.54, 1.807) is 0 Å². The van der Waals surface area contributed by atoms with E-state index >= 15 is 0 Å². The van der Waals surface area contributed by atoms with Gasteiger partial charge in [0.25, 0.3) is 0 Å². The highest BCUT2D eigenvalue weighted by Gasteiger charge is 2.35. The molecule has 1 unspecified atom stereocenters. The van der Waals surface area contributed by atoms with Crippen molar-refractivity contribution in [1.29, 1.82) is 0 Å². The summed E-state index contributed by atoms with van der Waals surface area (Å²) in [6.45, 7) is 1.16. The topological polar surface area (TPSA) is 37.3 Å². The molecule has 0 bridgehead atoms. The van der Waals surface area contributed by atoms with Gasteiger partial charge in [-0.25, -0.2) is 9.18 Å². The Balaban J connectivity index is 2.41. The average Bonchev–Trinajstić information content (AvgIpc) is 2.05. The first-order valence-electron chi connectivity index (χ1n) is 4.52. The number of aliphatic carboxylic acids is 1. The lowest BCUT2D eigenvalue weighted by Gasteiger charge is -2.25. The average molecular weight is 206 g/mol. The summed E-state index contributed by atoms with van der Waals surface area (Å²) < 4.78 is 13.4. The number of hydrogen-bond acceptors (Lipinski definition) is 2. The molecule has 0 saturated carbocycles. The van der Waals surface area contributed by atoms with Gasteiger partial charge in [0.15, 0.2) is 0 Å². The number of thioether (sulfide) groups is 1. The first-order chi connectivity index (χ1) is 6.02.